The maximum Gasteiger partial charge on any atom is 0.0221 e. The summed E-state index contributed by atoms with van der Waals surface area (Å²) >= 11 is 5.78. The zero-order valence-corrected chi connectivity index (χ0v) is 6.15. The lowest BCUT2D eigenvalue weighted by Gasteiger charge is -1.93. The zero-order chi connectivity index (χ0) is 6.69. The highest BCUT2D eigenvalue weighted by molar-refractivity contribution is 6.29. The van der Waals surface area contributed by atoms with Crippen LogP contribution < -0.4 is 0 Å². The molecule has 0 aromatic heterocycles. The van der Waals surface area contributed by atoms with Crippen molar-refractivity contribution in [3.05, 3.63) is 34.9 Å². The van der Waals surface area contributed by atoms with Crippen LogP contribution in [0.5, 0.6) is 0 Å². The molecular weight excluding hydrogens is 132 g/mol. The number of halogens is 1. The summed E-state index contributed by atoms with van der Waals surface area (Å²) in [5.74, 6) is 0. The van der Waals surface area contributed by atoms with Gasteiger partial charge in [-0.05, 0) is 13.0 Å². The number of rotatable bonds is 0. The molecule has 48 valence electrons. The standard InChI is InChI=1S/C8H9Cl/c1-7-4-2-3-5-8(9)6-7/h2-5H,6H2,1H3. The van der Waals surface area contributed by atoms with E-state index in [1.165, 1.54) is 5.57 Å². The van der Waals surface area contributed by atoms with Gasteiger partial charge in [0.25, 0.3) is 0 Å². The third-order valence-electron chi connectivity index (χ3n) is 1.22. The van der Waals surface area contributed by atoms with Crippen LogP contribution in [0.15, 0.2) is 34.9 Å². The lowest BCUT2D eigenvalue weighted by molar-refractivity contribution is 1.20. The lowest BCUT2D eigenvalue weighted by Crippen LogP contribution is -1.73. The predicted molar refractivity (Wildman–Crippen MR) is 41.5 cm³/mol. The molecule has 0 N–H and O–H groups in total. The Morgan fingerprint density at radius 2 is 2.00 bits per heavy atom. The van der Waals surface area contributed by atoms with Crippen molar-refractivity contribution in [2.24, 2.45) is 0 Å². The number of hydrogen-bond acceptors (Lipinski definition) is 0. The Labute approximate surface area is 60.5 Å². The normalized spacial score (nSPS) is 18.4. The van der Waals surface area contributed by atoms with E-state index in [1.807, 2.05) is 18.2 Å². The van der Waals surface area contributed by atoms with Gasteiger partial charge in [-0.2, -0.15) is 0 Å². The Morgan fingerprint density at radius 3 is 2.78 bits per heavy atom. The van der Waals surface area contributed by atoms with Gasteiger partial charge in [0.05, 0.1) is 0 Å². The summed E-state index contributed by atoms with van der Waals surface area (Å²) in [7, 11) is 0. The summed E-state index contributed by atoms with van der Waals surface area (Å²) in [4.78, 5) is 0. The van der Waals surface area contributed by atoms with Crippen LogP contribution in [0.25, 0.3) is 0 Å². The molecule has 1 aliphatic rings. The fraction of sp³-hybridized carbons (Fsp3) is 0.250. The third-order valence-corrected chi connectivity index (χ3v) is 1.48. The highest BCUT2D eigenvalue weighted by Gasteiger charge is 1.94. The van der Waals surface area contributed by atoms with Gasteiger partial charge in [0.1, 0.15) is 0 Å². The minimum Gasteiger partial charge on any atom is -0.0888 e. The fourth-order valence-corrected chi connectivity index (χ4v) is 1.05. The van der Waals surface area contributed by atoms with Crippen molar-refractivity contribution >= 4 is 11.6 Å². The summed E-state index contributed by atoms with van der Waals surface area (Å²) in [6.07, 6.45) is 8.86. The van der Waals surface area contributed by atoms with E-state index in [0.717, 1.165) is 11.5 Å². The van der Waals surface area contributed by atoms with E-state index in [9.17, 15) is 0 Å². The van der Waals surface area contributed by atoms with Crippen molar-refractivity contribution in [3.8, 4) is 0 Å². The van der Waals surface area contributed by atoms with Crippen LogP contribution in [0, 0.1) is 0 Å². The van der Waals surface area contributed by atoms with Crippen LogP contribution in [-0.2, 0) is 0 Å². The summed E-state index contributed by atoms with van der Waals surface area (Å²) < 4.78 is 0. The molecule has 0 saturated heterocycles. The average molecular weight is 141 g/mol. The molecule has 0 radical (unpaired) electrons. The minimum atomic E-state index is 0.897. The second kappa shape index (κ2) is 2.88. The van der Waals surface area contributed by atoms with Crippen LogP contribution in [0.1, 0.15) is 13.3 Å². The Hall–Kier alpha value is -0.490. The summed E-state index contributed by atoms with van der Waals surface area (Å²) in [6.45, 7) is 2.08. The molecule has 0 atom stereocenters. The van der Waals surface area contributed by atoms with Crippen molar-refractivity contribution in [2.45, 2.75) is 13.3 Å². The number of allylic oxidation sites excluding steroid dienone is 6. The topological polar surface area (TPSA) is 0 Å². The molecule has 0 heterocycles. The van der Waals surface area contributed by atoms with E-state index in [2.05, 4.69) is 13.0 Å². The largest absolute Gasteiger partial charge is 0.0888 e. The van der Waals surface area contributed by atoms with Gasteiger partial charge in [0.15, 0.2) is 0 Å². The van der Waals surface area contributed by atoms with E-state index in [0.29, 0.717) is 0 Å². The third kappa shape index (κ3) is 2.06. The molecule has 0 aromatic rings. The Balaban J connectivity index is 2.77. The average Bonchev–Trinajstić information content (AvgIpc) is 1.93. The van der Waals surface area contributed by atoms with Crippen LogP contribution >= 0.6 is 11.6 Å². The molecular formula is C8H9Cl. The molecule has 1 rings (SSSR count). The molecule has 0 aromatic carbocycles. The SMILES string of the molecule is CC1=CC=CC=C(Cl)C1. The minimum absolute atomic E-state index is 0.897. The Morgan fingerprint density at radius 1 is 1.33 bits per heavy atom. The van der Waals surface area contributed by atoms with E-state index >= 15 is 0 Å². The molecule has 0 saturated carbocycles. The zero-order valence-electron chi connectivity index (χ0n) is 5.39. The van der Waals surface area contributed by atoms with Gasteiger partial charge in [-0.3, -0.25) is 0 Å². The molecule has 0 amide bonds. The molecule has 1 aliphatic carbocycles. The van der Waals surface area contributed by atoms with Crippen molar-refractivity contribution in [1.82, 2.24) is 0 Å². The van der Waals surface area contributed by atoms with Gasteiger partial charge in [0, 0.05) is 11.5 Å². The van der Waals surface area contributed by atoms with Crippen molar-refractivity contribution < 1.29 is 0 Å². The van der Waals surface area contributed by atoms with Gasteiger partial charge < -0.3 is 0 Å². The molecule has 1 heteroatoms. The maximum absolute atomic E-state index is 5.78. The molecule has 0 unspecified atom stereocenters. The van der Waals surface area contributed by atoms with Crippen LogP contribution in [-0.4, -0.2) is 0 Å². The van der Waals surface area contributed by atoms with Gasteiger partial charge in [-0.25, -0.2) is 0 Å². The maximum atomic E-state index is 5.78. The van der Waals surface area contributed by atoms with Crippen LogP contribution in [0.2, 0.25) is 0 Å². The van der Waals surface area contributed by atoms with E-state index in [-0.39, 0.29) is 0 Å². The lowest BCUT2D eigenvalue weighted by atomic mass is 10.2. The molecule has 0 nitrogen and oxygen atoms in total. The highest BCUT2D eigenvalue weighted by atomic mass is 35.5. The quantitative estimate of drug-likeness (QED) is 0.485. The van der Waals surface area contributed by atoms with E-state index in [4.69, 9.17) is 11.6 Å². The second-order valence-corrected chi connectivity index (χ2v) is 2.67. The monoisotopic (exact) mass is 140 g/mol. The molecule has 0 bridgehead atoms. The first-order valence-electron chi connectivity index (χ1n) is 2.97. The van der Waals surface area contributed by atoms with E-state index < -0.39 is 0 Å². The van der Waals surface area contributed by atoms with Gasteiger partial charge >= 0.3 is 0 Å². The van der Waals surface area contributed by atoms with Crippen LogP contribution in [0.3, 0.4) is 0 Å². The molecule has 9 heavy (non-hydrogen) atoms. The summed E-state index contributed by atoms with van der Waals surface area (Å²) in [6, 6.07) is 0. The fourth-order valence-electron chi connectivity index (χ4n) is 0.764. The van der Waals surface area contributed by atoms with E-state index in [1.54, 1.807) is 0 Å². The van der Waals surface area contributed by atoms with Gasteiger partial charge in [-0.15, -0.1) is 0 Å². The Kier molecular flexibility index (Phi) is 2.12. The summed E-state index contributed by atoms with van der Waals surface area (Å²) in [5, 5.41) is 0.914. The van der Waals surface area contributed by atoms with Crippen molar-refractivity contribution in [3.63, 3.8) is 0 Å². The Bertz CT molecular complexity index is 165. The number of hydrogen-bond donors (Lipinski definition) is 0. The molecule has 0 fully saturated rings. The smallest absolute Gasteiger partial charge is 0.0221 e. The van der Waals surface area contributed by atoms with Crippen LogP contribution in [0.4, 0.5) is 0 Å². The molecule has 0 aliphatic heterocycles. The van der Waals surface area contributed by atoms with Crippen molar-refractivity contribution in [2.75, 3.05) is 0 Å². The second-order valence-electron chi connectivity index (χ2n) is 2.19. The summed E-state index contributed by atoms with van der Waals surface area (Å²) in [5.41, 5.74) is 1.31. The first-order valence-corrected chi connectivity index (χ1v) is 3.35. The first kappa shape index (κ1) is 6.63. The van der Waals surface area contributed by atoms with Gasteiger partial charge in [0.2, 0.25) is 0 Å². The highest BCUT2D eigenvalue weighted by Crippen LogP contribution is 2.16. The van der Waals surface area contributed by atoms with Gasteiger partial charge in [-0.1, -0.05) is 35.4 Å². The predicted octanol–water partition coefficient (Wildman–Crippen LogP) is 3.02. The first-order chi connectivity index (χ1) is 4.29. The van der Waals surface area contributed by atoms with Crippen molar-refractivity contribution in [1.29, 1.82) is 0 Å². The molecule has 0 spiro atoms.